The van der Waals surface area contributed by atoms with Crippen molar-refractivity contribution < 1.29 is 24.9 Å². The number of aliphatic hydroxyl groups excluding tert-OH is 3. The van der Waals surface area contributed by atoms with E-state index >= 15 is 0 Å². The molecule has 0 radical (unpaired) electrons. The van der Waals surface area contributed by atoms with Crippen LogP contribution in [0.2, 0.25) is 0 Å². The maximum absolute atomic E-state index is 11.4. The molecule has 0 aromatic rings. The van der Waals surface area contributed by atoms with Crippen LogP contribution >= 0.6 is 0 Å². The lowest BCUT2D eigenvalue weighted by molar-refractivity contribution is -0.150. The van der Waals surface area contributed by atoms with Crippen molar-refractivity contribution in [2.45, 2.75) is 52.1 Å². The van der Waals surface area contributed by atoms with Gasteiger partial charge in [-0.1, -0.05) is 20.3 Å². The van der Waals surface area contributed by atoms with E-state index < -0.39 is 17.5 Å². The van der Waals surface area contributed by atoms with E-state index in [1.165, 1.54) is 0 Å². The van der Waals surface area contributed by atoms with Crippen LogP contribution in [-0.4, -0.2) is 47.2 Å². The molecule has 1 atom stereocenters. The van der Waals surface area contributed by atoms with Crippen LogP contribution in [0.15, 0.2) is 0 Å². The summed E-state index contributed by atoms with van der Waals surface area (Å²) in [4.78, 5) is 11.4. The molecule has 0 bridgehead atoms. The third-order valence-electron chi connectivity index (χ3n) is 3.26. The van der Waals surface area contributed by atoms with Crippen LogP contribution < -0.4 is 0 Å². The van der Waals surface area contributed by atoms with E-state index in [9.17, 15) is 20.1 Å². The van der Waals surface area contributed by atoms with Crippen LogP contribution in [0.3, 0.4) is 0 Å². The zero-order valence-electron chi connectivity index (χ0n) is 11.4. The highest BCUT2D eigenvalue weighted by Gasteiger charge is 2.28. The van der Waals surface area contributed by atoms with Crippen molar-refractivity contribution in [3.63, 3.8) is 0 Å². The molecule has 18 heavy (non-hydrogen) atoms. The third kappa shape index (κ3) is 6.33. The van der Waals surface area contributed by atoms with Gasteiger partial charge in [-0.3, -0.25) is 4.79 Å². The molecule has 5 heteroatoms. The quantitative estimate of drug-likeness (QED) is 0.508. The first kappa shape index (κ1) is 17.4. The van der Waals surface area contributed by atoms with Crippen LogP contribution in [-0.2, 0) is 9.53 Å². The van der Waals surface area contributed by atoms with Gasteiger partial charge in [0.15, 0.2) is 0 Å². The smallest absolute Gasteiger partial charge is 0.305 e. The van der Waals surface area contributed by atoms with Gasteiger partial charge in [0.25, 0.3) is 0 Å². The molecule has 0 aromatic carbocycles. The fourth-order valence-corrected chi connectivity index (χ4v) is 1.53. The molecule has 0 heterocycles. The molecule has 0 aliphatic rings. The second-order valence-corrected chi connectivity index (χ2v) is 4.81. The molecule has 0 fully saturated rings. The van der Waals surface area contributed by atoms with Crippen molar-refractivity contribution in [1.29, 1.82) is 0 Å². The van der Waals surface area contributed by atoms with Crippen LogP contribution in [0, 0.1) is 5.41 Å². The first-order valence-corrected chi connectivity index (χ1v) is 6.59. The molecule has 0 aliphatic carbocycles. The number of esters is 1. The molecule has 0 aliphatic heterocycles. The molecule has 0 amide bonds. The van der Waals surface area contributed by atoms with Crippen molar-refractivity contribution in [2.24, 2.45) is 5.41 Å². The Morgan fingerprint density at radius 3 is 2.28 bits per heavy atom. The monoisotopic (exact) mass is 262 g/mol. The summed E-state index contributed by atoms with van der Waals surface area (Å²) in [7, 11) is 0. The number of carbonyl (C=O) groups is 1. The van der Waals surface area contributed by atoms with E-state index in [-0.39, 0.29) is 26.2 Å². The SMILES string of the molecule is CCCC(O)CCC(=O)OCC(CC)(CO)CO. The van der Waals surface area contributed by atoms with Gasteiger partial charge >= 0.3 is 5.97 Å². The predicted octanol–water partition coefficient (Wildman–Crippen LogP) is 0.852. The highest BCUT2D eigenvalue weighted by atomic mass is 16.5. The summed E-state index contributed by atoms with van der Waals surface area (Å²) in [6, 6.07) is 0. The maximum Gasteiger partial charge on any atom is 0.305 e. The summed E-state index contributed by atoms with van der Waals surface area (Å²) in [5.74, 6) is -0.398. The molecule has 0 spiro atoms. The van der Waals surface area contributed by atoms with Gasteiger partial charge in [0.1, 0.15) is 6.61 Å². The van der Waals surface area contributed by atoms with Gasteiger partial charge in [-0.05, 0) is 19.3 Å². The largest absolute Gasteiger partial charge is 0.465 e. The first-order valence-electron chi connectivity index (χ1n) is 6.59. The fourth-order valence-electron chi connectivity index (χ4n) is 1.53. The van der Waals surface area contributed by atoms with Crippen LogP contribution in [0.5, 0.6) is 0 Å². The molecule has 0 saturated heterocycles. The Morgan fingerprint density at radius 2 is 1.83 bits per heavy atom. The summed E-state index contributed by atoms with van der Waals surface area (Å²) in [5.41, 5.74) is -0.752. The van der Waals surface area contributed by atoms with Crippen molar-refractivity contribution in [1.82, 2.24) is 0 Å². The van der Waals surface area contributed by atoms with Crippen molar-refractivity contribution in [3.8, 4) is 0 Å². The van der Waals surface area contributed by atoms with E-state index in [4.69, 9.17) is 4.74 Å². The van der Waals surface area contributed by atoms with Crippen molar-refractivity contribution >= 4 is 5.97 Å². The highest BCUT2D eigenvalue weighted by molar-refractivity contribution is 5.69. The van der Waals surface area contributed by atoms with Crippen molar-refractivity contribution in [3.05, 3.63) is 0 Å². The molecule has 108 valence electrons. The van der Waals surface area contributed by atoms with Gasteiger partial charge in [-0.15, -0.1) is 0 Å². The van der Waals surface area contributed by atoms with Gasteiger partial charge in [0, 0.05) is 6.42 Å². The Labute approximate surface area is 109 Å². The van der Waals surface area contributed by atoms with E-state index in [1.54, 1.807) is 0 Å². The Kier molecular flexibility index (Phi) is 8.97. The zero-order valence-corrected chi connectivity index (χ0v) is 11.4. The Morgan fingerprint density at radius 1 is 1.22 bits per heavy atom. The molecule has 5 nitrogen and oxygen atoms in total. The Bertz CT molecular complexity index is 217. The molecular weight excluding hydrogens is 236 g/mol. The number of carbonyl (C=O) groups excluding carboxylic acids is 1. The zero-order chi connectivity index (χ0) is 14.0. The maximum atomic E-state index is 11.4. The van der Waals surface area contributed by atoms with E-state index in [0.717, 1.165) is 6.42 Å². The number of ether oxygens (including phenoxy) is 1. The minimum atomic E-state index is -0.752. The lowest BCUT2D eigenvalue weighted by Crippen LogP contribution is -2.35. The van der Waals surface area contributed by atoms with Gasteiger partial charge in [-0.2, -0.15) is 0 Å². The predicted molar refractivity (Wildman–Crippen MR) is 68.0 cm³/mol. The lowest BCUT2D eigenvalue weighted by Gasteiger charge is -2.27. The first-order chi connectivity index (χ1) is 8.53. The fraction of sp³-hybridized carbons (Fsp3) is 0.923. The van der Waals surface area contributed by atoms with Crippen LogP contribution in [0.1, 0.15) is 46.0 Å². The third-order valence-corrected chi connectivity index (χ3v) is 3.26. The molecule has 1 unspecified atom stereocenters. The highest BCUT2D eigenvalue weighted by Crippen LogP contribution is 2.21. The summed E-state index contributed by atoms with van der Waals surface area (Å²) in [5, 5.41) is 27.8. The summed E-state index contributed by atoms with van der Waals surface area (Å²) in [6.07, 6.45) is 2.19. The van der Waals surface area contributed by atoms with Gasteiger partial charge in [0.05, 0.1) is 24.7 Å². The lowest BCUT2D eigenvalue weighted by atomic mass is 9.88. The van der Waals surface area contributed by atoms with Crippen LogP contribution in [0.4, 0.5) is 0 Å². The Hall–Kier alpha value is -0.650. The van der Waals surface area contributed by atoms with E-state index in [1.807, 2.05) is 13.8 Å². The van der Waals surface area contributed by atoms with E-state index in [2.05, 4.69) is 0 Å². The minimum absolute atomic E-state index is 0.0131. The number of hydrogen-bond acceptors (Lipinski definition) is 5. The number of aliphatic hydroxyl groups is 3. The topological polar surface area (TPSA) is 87.0 Å². The van der Waals surface area contributed by atoms with Crippen LogP contribution in [0.25, 0.3) is 0 Å². The van der Waals surface area contributed by atoms with Gasteiger partial charge in [0.2, 0.25) is 0 Å². The molecular formula is C13H26O5. The second-order valence-electron chi connectivity index (χ2n) is 4.81. The average molecular weight is 262 g/mol. The average Bonchev–Trinajstić information content (AvgIpc) is 2.39. The number of rotatable bonds is 10. The van der Waals surface area contributed by atoms with Gasteiger partial charge < -0.3 is 20.1 Å². The summed E-state index contributed by atoms with van der Waals surface area (Å²) >= 11 is 0. The van der Waals surface area contributed by atoms with Crippen molar-refractivity contribution in [2.75, 3.05) is 19.8 Å². The normalized spacial score (nSPS) is 13.4. The summed E-state index contributed by atoms with van der Waals surface area (Å²) < 4.78 is 5.04. The standard InChI is InChI=1S/C13H26O5/c1-3-5-11(16)6-7-12(17)18-10-13(4-2,8-14)9-15/h11,14-16H,3-10H2,1-2H3. The second kappa shape index (κ2) is 9.30. The van der Waals surface area contributed by atoms with Gasteiger partial charge in [-0.25, -0.2) is 0 Å². The molecule has 0 rings (SSSR count). The Balaban J connectivity index is 3.95. The molecule has 0 saturated carbocycles. The molecule has 0 aromatic heterocycles. The van der Waals surface area contributed by atoms with E-state index in [0.29, 0.717) is 19.3 Å². The minimum Gasteiger partial charge on any atom is -0.465 e. The summed E-state index contributed by atoms with van der Waals surface area (Å²) in [6.45, 7) is 3.38. The molecule has 3 N–H and O–H groups in total. The number of hydrogen-bond donors (Lipinski definition) is 3.